The second kappa shape index (κ2) is 5.70. The first-order valence-corrected chi connectivity index (χ1v) is 7.15. The lowest BCUT2D eigenvalue weighted by Crippen LogP contribution is -2.33. The first-order chi connectivity index (χ1) is 9.76. The number of hydrogen-bond donors (Lipinski definition) is 0. The molecule has 0 aromatic carbocycles. The Morgan fingerprint density at radius 3 is 2.80 bits per heavy atom. The summed E-state index contributed by atoms with van der Waals surface area (Å²) in [6.45, 7) is 7.73. The van der Waals surface area contributed by atoms with Crippen molar-refractivity contribution >= 4 is 0 Å². The summed E-state index contributed by atoms with van der Waals surface area (Å²) in [4.78, 5) is 11.1. The van der Waals surface area contributed by atoms with Crippen LogP contribution in [0.5, 0.6) is 0 Å². The average molecular weight is 276 g/mol. The molecule has 20 heavy (non-hydrogen) atoms. The lowest BCUT2D eigenvalue weighted by atomic mass is 9.96. The predicted octanol–water partition coefficient (Wildman–Crippen LogP) is 1.37. The van der Waals surface area contributed by atoms with E-state index in [-0.39, 0.29) is 0 Å². The van der Waals surface area contributed by atoms with Crippen molar-refractivity contribution in [1.29, 1.82) is 0 Å². The zero-order valence-corrected chi connectivity index (χ0v) is 12.0. The minimum Gasteiger partial charge on any atom is -0.340 e. The van der Waals surface area contributed by atoms with Crippen LogP contribution in [0.2, 0.25) is 0 Å². The highest BCUT2D eigenvalue weighted by Crippen LogP contribution is 2.26. The van der Waals surface area contributed by atoms with Crippen LogP contribution in [0.4, 0.5) is 0 Å². The maximum atomic E-state index is 5.06. The number of nitrogens with zero attached hydrogens (tertiary/aromatic N) is 6. The Balaban J connectivity index is 1.56. The molecule has 0 N–H and O–H groups in total. The highest BCUT2D eigenvalue weighted by atomic mass is 16.5. The van der Waals surface area contributed by atoms with Gasteiger partial charge in [0.25, 0.3) is 0 Å². The summed E-state index contributed by atoms with van der Waals surface area (Å²) in [5, 5.41) is 8.25. The second-order valence-corrected chi connectivity index (χ2v) is 5.21. The molecule has 0 radical (unpaired) electrons. The van der Waals surface area contributed by atoms with E-state index in [1.165, 1.54) is 0 Å². The fourth-order valence-electron chi connectivity index (χ4n) is 2.70. The molecule has 3 rings (SSSR count). The Morgan fingerprint density at radius 2 is 2.15 bits per heavy atom. The number of piperidine rings is 1. The van der Waals surface area contributed by atoms with E-state index >= 15 is 0 Å². The lowest BCUT2D eigenvalue weighted by molar-refractivity contribution is 0.193. The summed E-state index contributed by atoms with van der Waals surface area (Å²) in [6, 6.07) is 0. The lowest BCUT2D eigenvalue weighted by Gasteiger charge is -2.30. The normalized spacial score (nSPS) is 17.7. The minimum atomic E-state index is 0.424. The van der Waals surface area contributed by atoms with Gasteiger partial charge < -0.3 is 4.52 Å². The van der Waals surface area contributed by atoms with Gasteiger partial charge in [-0.1, -0.05) is 5.16 Å². The summed E-state index contributed by atoms with van der Waals surface area (Å²) < 4.78 is 7.02. The SMILES string of the molecule is CCn1ncnc1CN1CCC(c2noc(C)n2)CC1. The van der Waals surface area contributed by atoms with E-state index in [2.05, 4.69) is 32.0 Å². The standard InChI is InChI=1S/C13H20N6O/c1-3-19-12(14-9-15-19)8-18-6-4-11(5-7-18)13-16-10(2)20-17-13/h9,11H,3-8H2,1-2H3. The fourth-order valence-corrected chi connectivity index (χ4v) is 2.70. The van der Waals surface area contributed by atoms with Crippen LogP contribution in [0.3, 0.4) is 0 Å². The van der Waals surface area contributed by atoms with E-state index in [1.807, 2.05) is 11.6 Å². The largest absolute Gasteiger partial charge is 0.340 e. The van der Waals surface area contributed by atoms with Crippen LogP contribution in [0, 0.1) is 6.92 Å². The molecule has 2 aromatic rings. The molecule has 0 saturated carbocycles. The molecule has 3 heterocycles. The van der Waals surface area contributed by atoms with Gasteiger partial charge in [0.05, 0.1) is 6.54 Å². The average Bonchev–Trinajstić information content (AvgIpc) is 3.08. The molecular weight excluding hydrogens is 256 g/mol. The number of hydrogen-bond acceptors (Lipinski definition) is 6. The summed E-state index contributed by atoms with van der Waals surface area (Å²) in [7, 11) is 0. The fraction of sp³-hybridized carbons (Fsp3) is 0.692. The third-order valence-electron chi connectivity index (χ3n) is 3.86. The Bertz CT molecular complexity index is 555. The maximum absolute atomic E-state index is 5.06. The summed E-state index contributed by atoms with van der Waals surface area (Å²) in [5.41, 5.74) is 0. The van der Waals surface area contributed by atoms with Gasteiger partial charge in [0.2, 0.25) is 5.89 Å². The topological polar surface area (TPSA) is 72.9 Å². The van der Waals surface area contributed by atoms with Crippen molar-refractivity contribution in [2.24, 2.45) is 0 Å². The van der Waals surface area contributed by atoms with Gasteiger partial charge in [0.1, 0.15) is 12.2 Å². The van der Waals surface area contributed by atoms with E-state index in [4.69, 9.17) is 4.52 Å². The number of likely N-dealkylation sites (tertiary alicyclic amines) is 1. The van der Waals surface area contributed by atoms with Crippen molar-refractivity contribution < 1.29 is 4.52 Å². The van der Waals surface area contributed by atoms with E-state index in [0.29, 0.717) is 11.8 Å². The van der Waals surface area contributed by atoms with Gasteiger partial charge >= 0.3 is 0 Å². The van der Waals surface area contributed by atoms with Crippen LogP contribution in [-0.2, 0) is 13.1 Å². The molecule has 1 aliphatic heterocycles. The quantitative estimate of drug-likeness (QED) is 0.839. The molecule has 7 nitrogen and oxygen atoms in total. The van der Waals surface area contributed by atoms with Gasteiger partial charge in [-0.05, 0) is 32.9 Å². The van der Waals surface area contributed by atoms with Gasteiger partial charge in [-0.3, -0.25) is 4.90 Å². The van der Waals surface area contributed by atoms with Gasteiger partial charge in [0.15, 0.2) is 5.82 Å². The van der Waals surface area contributed by atoms with Crippen LogP contribution in [-0.4, -0.2) is 42.9 Å². The molecule has 1 aliphatic rings. The molecule has 0 amide bonds. The molecule has 0 aliphatic carbocycles. The van der Waals surface area contributed by atoms with Crippen molar-refractivity contribution in [1.82, 2.24) is 29.8 Å². The smallest absolute Gasteiger partial charge is 0.223 e. The Morgan fingerprint density at radius 1 is 1.35 bits per heavy atom. The summed E-state index contributed by atoms with van der Waals surface area (Å²) >= 11 is 0. The van der Waals surface area contributed by atoms with E-state index < -0.39 is 0 Å². The second-order valence-electron chi connectivity index (χ2n) is 5.21. The van der Waals surface area contributed by atoms with Crippen molar-refractivity contribution in [3.05, 3.63) is 23.9 Å². The minimum absolute atomic E-state index is 0.424. The Labute approximate surface area is 118 Å². The van der Waals surface area contributed by atoms with Gasteiger partial charge in [-0.15, -0.1) is 0 Å². The van der Waals surface area contributed by atoms with E-state index in [0.717, 1.165) is 50.7 Å². The summed E-state index contributed by atoms with van der Waals surface area (Å²) in [6.07, 6.45) is 3.77. The van der Waals surface area contributed by atoms with Gasteiger partial charge in [0, 0.05) is 19.4 Å². The first kappa shape index (κ1) is 13.2. The maximum Gasteiger partial charge on any atom is 0.223 e. The molecule has 0 bridgehead atoms. The number of aryl methyl sites for hydroxylation is 2. The summed E-state index contributed by atoms with van der Waals surface area (Å²) in [5.74, 6) is 2.98. The molecule has 1 saturated heterocycles. The third-order valence-corrected chi connectivity index (χ3v) is 3.86. The van der Waals surface area contributed by atoms with Crippen LogP contribution in [0.1, 0.15) is 43.2 Å². The van der Waals surface area contributed by atoms with E-state index in [1.54, 1.807) is 6.33 Å². The zero-order chi connectivity index (χ0) is 13.9. The van der Waals surface area contributed by atoms with Crippen molar-refractivity contribution in [2.75, 3.05) is 13.1 Å². The van der Waals surface area contributed by atoms with Crippen molar-refractivity contribution in [2.45, 2.75) is 45.7 Å². The van der Waals surface area contributed by atoms with Crippen LogP contribution in [0.25, 0.3) is 0 Å². The van der Waals surface area contributed by atoms with Gasteiger partial charge in [-0.25, -0.2) is 9.67 Å². The Kier molecular flexibility index (Phi) is 3.77. The van der Waals surface area contributed by atoms with Crippen LogP contribution >= 0.6 is 0 Å². The van der Waals surface area contributed by atoms with Gasteiger partial charge in [-0.2, -0.15) is 10.1 Å². The molecule has 0 atom stereocenters. The van der Waals surface area contributed by atoms with Crippen LogP contribution in [0.15, 0.2) is 10.9 Å². The van der Waals surface area contributed by atoms with E-state index in [9.17, 15) is 0 Å². The molecule has 1 fully saturated rings. The number of rotatable bonds is 4. The monoisotopic (exact) mass is 276 g/mol. The van der Waals surface area contributed by atoms with Crippen molar-refractivity contribution in [3.8, 4) is 0 Å². The molecule has 108 valence electrons. The third kappa shape index (κ3) is 2.72. The molecular formula is C13H20N6O. The molecule has 0 spiro atoms. The molecule has 7 heteroatoms. The van der Waals surface area contributed by atoms with Crippen LogP contribution < -0.4 is 0 Å². The number of aromatic nitrogens is 5. The predicted molar refractivity (Wildman–Crippen MR) is 72.0 cm³/mol. The highest BCUT2D eigenvalue weighted by Gasteiger charge is 2.24. The molecule has 0 unspecified atom stereocenters. The Hall–Kier alpha value is -1.76. The molecule has 2 aromatic heterocycles. The highest BCUT2D eigenvalue weighted by molar-refractivity contribution is 4.98. The zero-order valence-electron chi connectivity index (χ0n) is 12.0. The van der Waals surface area contributed by atoms with Crippen molar-refractivity contribution in [3.63, 3.8) is 0 Å². The first-order valence-electron chi connectivity index (χ1n) is 7.15.